The van der Waals surface area contributed by atoms with E-state index in [1.807, 2.05) is 36.4 Å². The summed E-state index contributed by atoms with van der Waals surface area (Å²) in [5.74, 6) is -0.535. The lowest BCUT2D eigenvalue weighted by atomic mass is 10.0. The topological polar surface area (TPSA) is 88.5 Å². The molecule has 0 bridgehead atoms. The van der Waals surface area contributed by atoms with Gasteiger partial charge in [-0.15, -0.1) is 0 Å². The summed E-state index contributed by atoms with van der Waals surface area (Å²) in [7, 11) is 0. The highest BCUT2D eigenvalue weighted by Gasteiger charge is 2.17. The fraction of sp³-hybridized carbons (Fsp3) is 0. The summed E-state index contributed by atoms with van der Waals surface area (Å²) >= 11 is 5.92. The highest BCUT2D eigenvalue weighted by Crippen LogP contribution is 2.33. The zero-order chi connectivity index (χ0) is 19.0. The van der Waals surface area contributed by atoms with Crippen molar-refractivity contribution in [1.29, 1.82) is 5.26 Å². The van der Waals surface area contributed by atoms with Crippen LogP contribution in [0.5, 0.6) is 0 Å². The molecule has 2 N–H and O–H groups in total. The fourth-order valence-electron chi connectivity index (χ4n) is 2.80. The molecule has 0 atom stereocenters. The molecule has 0 fully saturated rings. The predicted molar refractivity (Wildman–Crippen MR) is 102 cm³/mol. The van der Waals surface area contributed by atoms with Crippen LogP contribution in [-0.2, 0) is 0 Å². The zero-order valence-electron chi connectivity index (χ0n) is 13.8. The second kappa shape index (κ2) is 6.63. The van der Waals surface area contributed by atoms with Crippen molar-refractivity contribution in [3.8, 4) is 28.6 Å². The Morgan fingerprint density at radius 3 is 2.52 bits per heavy atom. The van der Waals surface area contributed by atoms with Crippen molar-refractivity contribution in [3.63, 3.8) is 0 Å². The number of nitriles is 1. The van der Waals surface area contributed by atoms with E-state index >= 15 is 0 Å². The molecule has 0 amide bonds. The van der Waals surface area contributed by atoms with E-state index in [2.05, 4.69) is 15.0 Å². The van der Waals surface area contributed by atoms with Crippen LogP contribution in [0.15, 0.2) is 54.7 Å². The van der Waals surface area contributed by atoms with E-state index in [0.717, 1.165) is 16.5 Å². The first kappa shape index (κ1) is 16.9. The van der Waals surface area contributed by atoms with Gasteiger partial charge in [0.1, 0.15) is 11.9 Å². The van der Waals surface area contributed by atoms with Crippen molar-refractivity contribution in [3.05, 3.63) is 71.3 Å². The maximum absolute atomic E-state index is 13.6. The summed E-state index contributed by atoms with van der Waals surface area (Å²) in [5.41, 5.74) is 8.86. The van der Waals surface area contributed by atoms with Crippen LogP contribution >= 0.6 is 11.6 Å². The van der Waals surface area contributed by atoms with Gasteiger partial charge >= 0.3 is 0 Å². The Labute approximate surface area is 158 Å². The smallest absolute Gasteiger partial charge is 0.183 e. The van der Waals surface area contributed by atoms with Gasteiger partial charge in [0.2, 0.25) is 0 Å². The average molecular weight is 376 g/mol. The van der Waals surface area contributed by atoms with Crippen LogP contribution in [0.2, 0.25) is 5.02 Å². The number of benzene rings is 2. The second-order valence-electron chi connectivity index (χ2n) is 5.81. The molecule has 0 spiro atoms. The molecule has 5 nitrogen and oxygen atoms in total. The third-order valence-corrected chi connectivity index (χ3v) is 4.39. The van der Waals surface area contributed by atoms with Gasteiger partial charge in [-0.25, -0.2) is 14.4 Å². The van der Waals surface area contributed by atoms with Gasteiger partial charge in [0, 0.05) is 22.7 Å². The number of nitrogens with zero attached hydrogens (tertiary/aromatic N) is 4. The lowest BCUT2D eigenvalue weighted by molar-refractivity contribution is 0.628. The number of hydrogen-bond acceptors (Lipinski definition) is 5. The molecular formula is C20H11ClFN5. The number of nitrogens with two attached hydrogens (primary N) is 1. The van der Waals surface area contributed by atoms with Gasteiger partial charge in [-0.3, -0.25) is 4.98 Å². The molecule has 0 aliphatic rings. The molecule has 0 aliphatic carbocycles. The van der Waals surface area contributed by atoms with Gasteiger partial charge in [0.25, 0.3) is 0 Å². The van der Waals surface area contributed by atoms with Crippen LogP contribution in [0.4, 0.5) is 10.2 Å². The van der Waals surface area contributed by atoms with Crippen molar-refractivity contribution in [2.75, 3.05) is 5.73 Å². The van der Waals surface area contributed by atoms with Crippen LogP contribution in [0.25, 0.3) is 33.4 Å². The van der Waals surface area contributed by atoms with Crippen molar-refractivity contribution in [2.24, 2.45) is 0 Å². The summed E-state index contributed by atoms with van der Waals surface area (Å²) in [6, 6.07) is 15.6. The number of aromatic nitrogens is 3. The number of halogens is 2. The highest BCUT2D eigenvalue weighted by atomic mass is 35.5. The average Bonchev–Trinajstić information content (AvgIpc) is 2.69. The maximum atomic E-state index is 13.6. The molecule has 4 rings (SSSR count). The summed E-state index contributed by atoms with van der Waals surface area (Å²) in [5, 5.41) is 10.2. The number of hydrogen-bond donors (Lipinski definition) is 1. The molecular weight excluding hydrogens is 365 g/mol. The van der Waals surface area contributed by atoms with Crippen molar-refractivity contribution < 1.29 is 4.39 Å². The lowest BCUT2D eigenvalue weighted by Gasteiger charge is -2.11. The van der Waals surface area contributed by atoms with Gasteiger partial charge in [0.05, 0.1) is 21.9 Å². The van der Waals surface area contributed by atoms with Gasteiger partial charge < -0.3 is 5.73 Å². The molecule has 7 heteroatoms. The molecule has 4 aromatic rings. The quantitative estimate of drug-likeness (QED) is 0.552. The van der Waals surface area contributed by atoms with E-state index in [0.29, 0.717) is 17.0 Å². The molecule has 2 heterocycles. The number of nitrogen functional groups attached to an aromatic ring is 1. The van der Waals surface area contributed by atoms with Crippen LogP contribution < -0.4 is 5.73 Å². The van der Waals surface area contributed by atoms with Crippen LogP contribution in [0.1, 0.15) is 5.69 Å². The Bertz CT molecular complexity index is 1230. The first-order chi connectivity index (χ1) is 13.1. The fourth-order valence-corrected chi connectivity index (χ4v) is 2.98. The predicted octanol–water partition coefficient (Wildman–Crippen LogP) is 4.61. The summed E-state index contributed by atoms with van der Waals surface area (Å²) in [6.45, 7) is 0. The largest absolute Gasteiger partial charge is 0.381 e. The zero-order valence-corrected chi connectivity index (χ0v) is 14.6. The van der Waals surface area contributed by atoms with E-state index in [1.54, 1.807) is 12.3 Å². The highest BCUT2D eigenvalue weighted by molar-refractivity contribution is 6.31. The number of rotatable bonds is 2. The minimum atomic E-state index is -0.534. The molecule has 27 heavy (non-hydrogen) atoms. The second-order valence-corrected chi connectivity index (χ2v) is 6.21. The normalized spacial score (nSPS) is 10.7. The van der Waals surface area contributed by atoms with Crippen LogP contribution in [0.3, 0.4) is 0 Å². The summed E-state index contributed by atoms with van der Waals surface area (Å²) in [6.07, 6.45) is 1.71. The molecule has 2 aromatic carbocycles. The monoisotopic (exact) mass is 375 g/mol. The first-order valence-electron chi connectivity index (χ1n) is 7.95. The van der Waals surface area contributed by atoms with Gasteiger partial charge in [-0.2, -0.15) is 5.26 Å². The molecule has 2 aromatic heterocycles. The maximum Gasteiger partial charge on any atom is 0.183 e. The van der Waals surface area contributed by atoms with E-state index in [4.69, 9.17) is 17.3 Å². The molecule has 0 saturated heterocycles. The SMILES string of the molecule is N#Cc1nc(-c2ccc3ncccc3c2)c(-c2ccc(F)c(Cl)c2)nc1N. The van der Waals surface area contributed by atoms with Crippen molar-refractivity contribution in [1.82, 2.24) is 15.0 Å². The van der Waals surface area contributed by atoms with Crippen LogP contribution in [0, 0.1) is 17.1 Å². The molecule has 0 saturated carbocycles. The van der Waals surface area contributed by atoms with Crippen molar-refractivity contribution in [2.45, 2.75) is 0 Å². The van der Waals surface area contributed by atoms with E-state index < -0.39 is 5.82 Å². The summed E-state index contributed by atoms with van der Waals surface area (Å²) in [4.78, 5) is 13.0. The number of anilines is 1. The third-order valence-electron chi connectivity index (χ3n) is 4.10. The molecule has 130 valence electrons. The molecule has 0 radical (unpaired) electrons. The van der Waals surface area contributed by atoms with E-state index in [-0.39, 0.29) is 16.5 Å². The Kier molecular flexibility index (Phi) is 4.15. The van der Waals surface area contributed by atoms with E-state index in [9.17, 15) is 9.65 Å². The number of fused-ring (bicyclic) bond motifs is 1. The van der Waals surface area contributed by atoms with Crippen molar-refractivity contribution >= 4 is 28.3 Å². The Morgan fingerprint density at radius 2 is 1.74 bits per heavy atom. The standard InChI is InChI=1S/C20H11ClFN5/c21-14-9-13(3-5-15(14)22)19-18(26-17(10-23)20(24)27-19)12-4-6-16-11(8-12)2-1-7-25-16/h1-9H,(H2,24,27). The van der Waals surface area contributed by atoms with E-state index in [1.165, 1.54) is 12.1 Å². The molecule has 0 unspecified atom stereocenters. The van der Waals surface area contributed by atoms with Gasteiger partial charge in [-0.1, -0.05) is 23.7 Å². The summed E-state index contributed by atoms with van der Waals surface area (Å²) < 4.78 is 13.6. The Balaban J connectivity index is 1.99. The Morgan fingerprint density at radius 1 is 1.00 bits per heavy atom. The minimum absolute atomic E-state index is 0.000784. The van der Waals surface area contributed by atoms with Gasteiger partial charge in [-0.05, 0) is 36.4 Å². The third kappa shape index (κ3) is 3.05. The Hall–Kier alpha value is -3.56. The lowest BCUT2D eigenvalue weighted by Crippen LogP contribution is -2.03. The first-order valence-corrected chi connectivity index (χ1v) is 8.33. The minimum Gasteiger partial charge on any atom is -0.381 e. The van der Waals surface area contributed by atoms with Crippen LogP contribution in [-0.4, -0.2) is 15.0 Å². The van der Waals surface area contributed by atoms with Gasteiger partial charge in [0.15, 0.2) is 11.5 Å². The molecule has 0 aliphatic heterocycles. The number of pyridine rings is 1.